The highest BCUT2D eigenvalue weighted by atomic mass is 16.1. The summed E-state index contributed by atoms with van der Waals surface area (Å²) in [5.41, 5.74) is 4.15. The third kappa shape index (κ3) is 1.46. The number of carbonyl (C=O) groups excluding carboxylic acids is 1. The van der Waals surface area contributed by atoms with Crippen LogP contribution in [0.2, 0.25) is 0 Å². The predicted molar refractivity (Wildman–Crippen MR) is 76.1 cm³/mol. The fourth-order valence-corrected chi connectivity index (χ4v) is 3.04. The molecule has 92 valence electrons. The van der Waals surface area contributed by atoms with E-state index >= 15 is 0 Å². The lowest BCUT2D eigenvalue weighted by molar-refractivity contribution is 0.0928. The molecule has 1 aliphatic heterocycles. The maximum atomic E-state index is 12.6. The Bertz CT molecular complexity index is 702. The van der Waals surface area contributed by atoms with Gasteiger partial charge in [0.2, 0.25) is 0 Å². The van der Waals surface area contributed by atoms with E-state index in [2.05, 4.69) is 23.5 Å². The highest BCUT2D eigenvalue weighted by Crippen LogP contribution is 2.41. The fourth-order valence-electron chi connectivity index (χ4n) is 3.04. The monoisotopic (exact) mass is 247 g/mol. The Morgan fingerprint density at radius 1 is 0.947 bits per heavy atom. The van der Waals surface area contributed by atoms with Crippen molar-refractivity contribution >= 4 is 17.5 Å². The summed E-state index contributed by atoms with van der Waals surface area (Å²) in [6.07, 6.45) is 4.09. The molecule has 2 aliphatic rings. The number of hydrogen-bond acceptors (Lipinski definition) is 2. The van der Waals surface area contributed by atoms with Gasteiger partial charge < -0.3 is 5.32 Å². The summed E-state index contributed by atoms with van der Waals surface area (Å²) >= 11 is 0. The zero-order valence-corrected chi connectivity index (χ0v) is 10.3. The first-order valence-corrected chi connectivity index (χ1v) is 6.51. The van der Waals surface area contributed by atoms with Gasteiger partial charge in [-0.25, -0.2) is 0 Å². The lowest BCUT2D eigenvalue weighted by atomic mass is 9.78. The number of ketones is 1. The van der Waals surface area contributed by atoms with Crippen LogP contribution in [0.4, 0.5) is 5.69 Å². The van der Waals surface area contributed by atoms with Crippen LogP contribution < -0.4 is 5.32 Å². The van der Waals surface area contributed by atoms with Gasteiger partial charge in [-0.1, -0.05) is 48.6 Å². The first-order chi connectivity index (χ1) is 9.34. The van der Waals surface area contributed by atoms with Crippen molar-refractivity contribution < 1.29 is 4.79 Å². The van der Waals surface area contributed by atoms with Crippen LogP contribution in [0.5, 0.6) is 0 Å². The lowest BCUT2D eigenvalue weighted by Gasteiger charge is -2.35. The quantitative estimate of drug-likeness (QED) is 0.769. The van der Waals surface area contributed by atoms with Gasteiger partial charge in [0.05, 0.1) is 12.0 Å². The maximum absolute atomic E-state index is 12.6. The van der Waals surface area contributed by atoms with Crippen molar-refractivity contribution in [3.63, 3.8) is 0 Å². The maximum Gasteiger partial charge on any atom is 0.174 e. The molecule has 0 saturated heterocycles. The van der Waals surface area contributed by atoms with Gasteiger partial charge in [0.15, 0.2) is 5.78 Å². The first-order valence-electron chi connectivity index (χ1n) is 6.51. The molecule has 4 rings (SSSR count). The van der Waals surface area contributed by atoms with E-state index in [0.717, 1.165) is 11.3 Å². The molecule has 1 aliphatic carbocycles. The second-order valence-corrected chi connectivity index (χ2v) is 5.05. The molecule has 1 heterocycles. The number of para-hydroxylation sites is 1. The second kappa shape index (κ2) is 3.82. The minimum atomic E-state index is -0.0928. The van der Waals surface area contributed by atoms with Crippen LogP contribution in [-0.4, -0.2) is 5.78 Å². The van der Waals surface area contributed by atoms with Gasteiger partial charge >= 0.3 is 0 Å². The topological polar surface area (TPSA) is 29.1 Å². The Morgan fingerprint density at radius 3 is 2.68 bits per heavy atom. The van der Waals surface area contributed by atoms with Crippen LogP contribution in [-0.2, 0) is 0 Å². The Hall–Kier alpha value is -2.35. The highest BCUT2D eigenvalue weighted by Gasteiger charge is 2.36. The summed E-state index contributed by atoms with van der Waals surface area (Å²) in [6.45, 7) is 0. The molecule has 1 N–H and O–H groups in total. The summed E-state index contributed by atoms with van der Waals surface area (Å²) in [7, 11) is 0. The standard InChI is InChI=1S/C17H13NO/c19-17-13-7-3-4-8-15(13)18-16-12-6-2-1-5-11(12)9-10-14(16)17/h1-10,14,16,18H/t14-,16-/m0/s1. The number of nitrogens with one attached hydrogen (secondary N) is 1. The molecule has 0 aromatic heterocycles. The Morgan fingerprint density at radius 2 is 1.74 bits per heavy atom. The predicted octanol–water partition coefficient (Wildman–Crippen LogP) is 3.68. The van der Waals surface area contributed by atoms with Crippen LogP contribution >= 0.6 is 0 Å². The Kier molecular flexibility index (Phi) is 2.12. The molecule has 2 nitrogen and oxygen atoms in total. The molecule has 0 saturated carbocycles. The third-order valence-corrected chi connectivity index (χ3v) is 3.98. The number of benzene rings is 2. The molecule has 0 fully saturated rings. The van der Waals surface area contributed by atoms with E-state index in [1.807, 2.05) is 42.5 Å². The van der Waals surface area contributed by atoms with Crippen molar-refractivity contribution in [3.8, 4) is 0 Å². The van der Waals surface area contributed by atoms with E-state index < -0.39 is 0 Å². The summed E-state index contributed by atoms with van der Waals surface area (Å²) in [5.74, 6) is 0.120. The SMILES string of the molecule is O=C1c2ccccc2N[C@H]2c3ccccc3C=C[C@H]12. The average molecular weight is 247 g/mol. The van der Waals surface area contributed by atoms with Crippen LogP contribution in [0.3, 0.4) is 0 Å². The van der Waals surface area contributed by atoms with Gasteiger partial charge in [-0.2, -0.15) is 0 Å². The molecule has 2 heteroatoms. The molecule has 0 unspecified atom stereocenters. The normalized spacial score (nSPS) is 23.1. The number of Topliss-reactive ketones (excluding diaryl/α,β-unsaturated/α-hetero) is 1. The number of rotatable bonds is 0. The molecule has 2 atom stereocenters. The zero-order valence-electron chi connectivity index (χ0n) is 10.3. The third-order valence-electron chi connectivity index (χ3n) is 3.98. The van der Waals surface area contributed by atoms with Gasteiger partial charge in [0, 0.05) is 11.3 Å². The van der Waals surface area contributed by atoms with Crippen LogP contribution in [0.25, 0.3) is 6.08 Å². The van der Waals surface area contributed by atoms with Crippen molar-refractivity contribution in [2.24, 2.45) is 5.92 Å². The van der Waals surface area contributed by atoms with Gasteiger partial charge in [0.1, 0.15) is 0 Å². The molecular formula is C17H13NO. The van der Waals surface area contributed by atoms with Crippen LogP contribution in [0.1, 0.15) is 27.5 Å². The van der Waals surface area contributed by atoms with E-state index in [-0.39, 0.29) is 17.7 Å². The lowest BCUT2D eigenvalue weighted by Crippen LogP contribution is -2.33. The first kappa shape index (κ1) is 10.6. The van der Waals surface area contributed by atoms with Crippen molar-refractivity contribution in [2.75, 3.05) is 5.32 Å². The number of carbonyl (C=O) groups is 1. The molecular weight excluding hydrogens is 234 g/mol. The Labute approximate surface area is 111 Å². The van der Waals surface area contributed by atoms with Gasteiger partial charge in [-0.15, -0.1) is 0 Å². The molecule has 0 radical (unpaired) electrons. The summed E-state index contributed by atoms with van der Waals surface area (Å²) < 4.78 is 0. The fraction of sp³-hybridized carbons (Fsp3) is 0.118. The van der Waals surface area contributed by atoms with Crippen molar-refractivity contribution in [1.29, 1.82) is 0 Å². The zero-order chi connectivity index (χ0) is 12.8. The average Bonchev–Trinajstić information content (AvgIpc) is 2.47. The minimum absolute atomic E-state index is 0.0589. The second-order valence-electron chi connectivity index (χ2n) is 5.05. The summed E-state index contributed by atoms with van der Waals surface area (Å²) in [6, 6.07) is 16.1. The van der Waals surface area contributed by atoms with E-state index in [1.54, 1.807) is 0 Å². The van der Waals surface area contributed by atoms with Gasteiger partial charge in [0.25, 0.3) is 0 Å². The van der Waals surface area contributed by atoms with E-state index in [9.17, 15) is 4.79 Å². The van der Waals surface area contributed by atoms with Crippen molar-refractivity contribution in [3.05, 3.63) is 71.3 Å². The van der Waals surface area contributed by atoms with Crippen LogP contribution in [0.15, 0.2) is 54.6 Å². The number of hydrogen-bond donors (Lipinski definition) is 1. The highest BCUT2D eigenvalue weighted by molar-refractivity contribution is 6.06. The summed E-state index contributed by atoms with van der Waals surface area (Å²) in [4.78, 5) is 12.6. The Balaban J connectivity index is 1.89. The molecule has 2 aromatic rings. The van der Waals surface area contributed by atoms with Gasteiger partial charge in [-0.3, -0.25) is 4.79 Å². The summed E-state index contributed by atoms with van der Waals surface area (Å²) in [5, 5.41) is 3.51. The van der Waals surface area contributed by atoms with Gasteiger partial charge in [-0.05, 0) is 23.3 Å². The molecule has 0 bridgehead atoms. The molecule has 0 amide bonds. The smallest absolute Gasteiger partial charge is 0.174 e. The molecule has 2 aromatic carbocycles. The van der Waals surface area contributed by atoms with Crippen molar-refractivity contribution in [1.82, 2.24) is 0 Å². The van der Waals surface area contributed by atoms with Crippen molar-refractivity contribution in [2.45, 2.75) is 6.04 Å². The van der Waals surface area contributed by atoms with E-state index in [0.29, 0.717) is 0 Å². The molecule has 19 heavy (non-hydrogen) atoms. The van der Waals surface area contributed by atoms with Crippen LogP contribution in [0, 0.1) is 5.92 Å². The van der Waals surface area contributed by atoms with E-state index in [1.165, 1.54) is 11.1 Å². The van der Waals surface area contributed by atoms with E-state index in [4.69, 9.17) is 0 Å². The minimum Gasteiger partial charge on any atom is -0.377 e. The molecule has 0 spiro atoms. The number of fused-ring (bicyclic) bond motifs is 4. The largest absolute Gasteiger partial charge is 0.377 e. The number of anilines is 1.